The smallest absolute Gasteiger partial charge is 0.162 e. The van der Waals surface area contributed by atoms with Gasteiger partial charge in [0.25, 0.3) is 0 Å². The number of hydrogen-bond donors (Lipinski definition) is 1. The Balaban J connectivity index is 3.09. The molecule has 1 nitrogen and oxygen atoms in total. The lowest BCUT2D eigenvalue weighted by molar-refractivity contribution is 0.499. The molecule has 0 unspecified atom stereocenters. The largest absolute Gasteiger partial charge is 0.330 e. The number of hydrogen-bond acceptors (Lipinski definition) is 1. The van der Waals surface area contributed by atoms with E-state index >= 15 is 0 Å². The third-order valence-electron chi connectivity index (χ3n) is 1.48. The summed E-state index contributed by atoms with van der Waals surface area (Å²) in [5.74, 6) is -1.78. The van der Waals surface area contributed by atoms with Crippen LogP contribution in [0.3, 0.4) is 0 Å². The molecule has 1 aromatic carbocycles. The summed E-state index contributed by atoms with van der Waals surface area (Å²) in [5.41, 5.74) is 5.42. The molecule has 0 aromatic heterocycles. The van der Waals surface area contributed by atoms with E-state index in [1.165, 1.54) is 6.07 Å². The van der Waals surface area contributed by atoms with Crippen molar-refractivity contribution in [1.29, 1.82) is 0 Å². The maximum atomic E-state index is 12.9. The van der Waals surface area contributed by atoms with Gasteiger partial charge in [0.1, 0.15) is 0 Å². The molecule has 0 heterocycles. The summed E-state index contributed by atoms with van der Waals surface area (Å²) in [6, 6.07) is 2.32. The van der Waals surface area contributed by atoms with Gasteiger partial charge >= 0.3 is 0 Å². The normalized spacial score (nSPS) is 10.3. The molecule has 0 aliphatic carbocycles. The minimum atomic E-state index is -0.925. The molecule has 0 aliphatic heterocycles. The molecule has 4 heteroatoms. The zero-order valence-corrected chi connectivity index (χ0v) is 7.04. The van der Waals surface area contributed by atoms with Gasteiger partial charge in [-0.3, -0.25) is 0 Å². The summed E-state index contributed by atoms with van der Waals surface area (Å²) in [5, 5.41) is 0.192. The maximum Gasteiger partial charge on any atom is 0.162 e. The van der Waals surface area contributed by atoms with Crippen molar-refractivity contribution in [3.63, 3.8) is 0 Å². The fourth-order valence-corrected chi connectivity index (χ4v) is 1.17. The Morgan fingerprint density at radius 2 is 2.00 bits per heavy atom. The first-order valence-corrected chi connectivity index (χ1v) is 3.86. The molecule has 0 spiro atoms. The molecule has 0 amide bonds. The highest BCUT2D eigenvalue weighted by Gasteiger charge is 2.08. The quantitative estimate of drug-likeness (QED) is 0.712. The van der Waals surface area contributed by atoms with E-state index in [9.17, 15) is 8.78 Å². The Kier molecular flexibility index (Phi) is 3.00. The van der Waals surface area contributed by atoms with Crippen molar-refractivity contribution in [3.8, 4) is 0 Å². The van der Waals surface area contributed by atoms with Crippen LogP contribution in [-0.2, 0) is 6.42 Å². The third kappa shape index (κ3) is 1.93. The van der Waals surface area contributed by atoms with Gasteiger partial charge in [-0.2, -0.15) is 0 Å². The van der Waals surface area contributed by atoms with E-state index in [1.807, 2.05) is 0 Å². The molecule has 12 heavy (non-hydrogen) atoms. The van der Waals surface area contributed by atoms with Gasteiger partial charge in [0.05, 0.1) is 0 Å². The summed E-state index contributed by atoms with van der Waals surface area (Å²) in [6.07, 6.45) is 0.295. The highest BCUT2D eigenvalue weighted by Crippen LogP contribution is 2.18. The Bertz CT molecular complexity index is 289. The second kappa shape index (κ2) is 3.83. The van der Waals surface area contributed by atoms with Crippen LogP contribution in [0.4, 0.5) is 8.78 Å². The van der Waals surface area contributed by atoms with Crippen molar-refractivity contribution in [2.45, 2.75) is 6.42 Å². The van der Waals surface area contributed by atoms with Gasteiger partial charge in [0.15, 0.2) is 11.6 Å². The Labute approximate surface area is 74.1 Å². The first-order valence-electron chi connectivity index (χ1n) is 3.48. The van der Waals surface area contributed by atoms with Crippen LogP contribution >= 0.6 is 11.6 Å². The molecule has 1 aromatic rings. The van der Waals surface area contributed by atoms with E-state index in [0.29, 0.717) is 6.42 Å². The molecule has 0 saturated heterocycles. The molecule has 0 saturated carbocycles. The molecule has 0 aliphatic rings. The summed E-state index contributed by atoms with van der Waals surface area (Å²) < 4.78 is 25.5. The molecule has 0 bridgehead atoms. The molecule has 0 atom stereocenters. The predicted octanol–water partition coefficient (Wildman–Crippen LogP) is 2.12. The van der Waals surface area contributed by atoms with E-state index in [2.05, 4.69) is 0 Å². The van der Waals surface area contributed by atoms with Crippen LogP contribution in [0.15, 0.2) is 12.1 Å². The lowest BCUT2D eigenvalue weighted by Gasteiger charge is -2.02. The van der Waals surface area contributed by atoms with E-state index in [0.717, 1.165) is 6.07 Å². The second-order valence-corrected chi connectivity index (χ2v) is 2.84. The zero-order valence-electron chi connectivity index (χ0n) is 6.28. The number of rotatable bonds is 2. The van der Waals surface area contributed by atoms with Gasteiger partial charge in [0.2, 0.25) is 0 Å². The minimum absolute atomic E-state index is 0.192. The van der Waals surface area contributed by atoms with E-state index in [1.54, 1.807) is 0 Å². The monoisotopic (exact) mass is 191 g/mol. The molecule has 66 valence electrons. The van der Waals surface area contributed by atoms with Crippen molar-refractivity contribution in [2.24, 2.45) is 5.73 Å². The Morgan fingerprint density at radius 3 is 2.58 bits per heavy atom. The second-order valence-electron chi connectivity index (χ2n) is 2.40. The highest BCUT2D eigenvalue weighted by molar-refractivity contribution is 6.30. The summed E-state index contributed by atoms with van der Waals surface area (Å²) >= 11 is 5.51. The van der Waals surface area contributed by atoms with Gasteiger partial charge < -0.3 is 5.73 Å². The van der Waals surface area contributed by atoms with Gasteiger partial charge in [-0.1, -0.05) is 11.6 Å². The molecule has 0 radical (unpaired) electrons. The van der Waals surface area contributed by atoms with E-state index in [-0.39, 0.29) is 17.1 Å². The maximum absolute atomic E-state index is 12.9. The molecule has 2 N–H and O–H groups in total. The third-order valence-corrected chi connectivity index (χ3v) is 1.70. The van der Waals surface area contributed by atoms with Gasteiger partial charge in [0, 0.05) is 5.02 Å². The van der Waals surface area contributed by atoms with Crippen molar-refractivity contribution in [1.82, 2.24) is 0 Å². The molecular weight excluding hydrogens is 184 g/mol. The average molecular weight is 192 g/mol. The first kappa shape index (κ1) is 9.42. The topological polar surface area (TPSA) is 26.0 Å². The van der Waals surface area contributed by atoms with Crippen LogP contribution < -0.4 is 5.73 Å². The standard InChI is InChI=1S/C8H8ClF2N/c9-6-3-5(1-2-12)8(11)7(10)4-6/h3-4H,1-2,12H2. The van der Waals surface area contributed by atoms with Crippen molar-refractivity contribution >= 4 is 11.6 Å². The van der Waals surface area contributed by atoms with Crippen molar-refractivity contribution in [3.05, 3.63) is 34.4 Å². The van der Waals surface area contributed by atoms with Crippen LogP contribution in [0.2, 0.25) is 5.02 Å². The van der Waals surface area contributed by atoms with Crippen molar-refractivity contribution < 1.29 is 8.78 Å². The van der Waals surface area contributed by atoms with Gasteiger partial charge in [-0.15, -0.1) is 0 Å². The van der Waals surface area contributed by atoms with Crippen LogP contribution in [0.25, 0.3) is 0 Å². The van der Waals surface area contributed by atoms with Crippen LogP contribution in [0.1, 0.15) is 5.56 Å². The summed E-state index contributed by atoms with van der Waals surface area (Å²) in [7, 11) is 0. The predicted molar refractivity (Wildman–Crippen MR) is 44.1 cm³/mol. The van der Waals surface area contributed by atoms with Gasteiger partial charge in [-0.25, -0.2) is 8.78 Å². The van der Waals surface area contributed by atoms with Crippen LogP contribution in [-0.4, -0.2) is 6.54 Å². The van der Waals surface area contributed by atoms with Crippen molar-refractivity contribution in [2.75, 3.05) is 6.54 Å². The Hall–Kier alpha value is -0.670. The fourth-order valence-electron chi connectivity index (χ4n) is 0.947. The zero-order chi connectivity index (χ0) is 9.14. The SMILES string of the molecule is NCCc1cc(Cl)cc(F)c1F. The summed E-state index contributed by atoms with van der Waals surface area (Å²) in [6.45, 7) is 0.275. The minimum Gasteiger partial charge on any atom is -0.330 e. The van der Waals surface area contributed by atoms with E-state index in [4.69, 9.17) is 17.3 Å². The van der Waals surface area contributed by atoms with Crippen LogP contribution in [0, 0.1) is 11.6 Å². The number of benzene rings is 1. The molecule has 0 fully saturated rings. The number of halogens is 3. The first-order chi connectivity index (χ1) is 5.65. The molecule has 1 rings (SSSR count). The van der Waals surface area contributed by atoms with Crippen LogP contribution in [0.5, 0.6) is 0 Å². The van der Waals surface area contributed by atoms with E-state index < -0.39 is 11.6 Å². The fraction of sp³-hybridized carbons (Fsp3) is 0.250. The Morgan fingerprint density at radius 1 is 1.33 bits per heavy atom. The number of nitrogens with two attached hydrogens (primary N) is 1. The lowest BCUT2D eigenvalue weighted by atomic mass is 10.1. The molecular formula is C8H8ClF2N. The highest BCUT2D eigenvalue weighted by atomic mass is 35.5. The lowest BCUT2D eigenvalue weighted by Crippen LogP contribution is -2.05. The van der Waals surface area contributed by atoms with Gasteiger partial charge in [-0.05, 0) is 30.7 Å². The average Bonchev–Trinajstić information content (AvgIpc) is 2.00. The summed E-state index contributed by atoms with van der Waals surface area (Å²) in [4.78, 5) is 0.